The van der Waals surface area contributed by atoms with Crippen molar-refractivity contribution in [1.82, 2.24) is 0 Å². The van der Waals surface area contributed by atoms with Crippen molar-refractivity contribution < 1.29 is 9.53 Å². The largest absolute Gasteiger partial charge is 0.385 e. The molecular formula is C8H15NO2. The zero-order chi connectivity index (χ0) is 8.95. The summed E-state index contributed by atoms with van der Waals surface area (Å²) in [6.07, 6.45) is 3.99. The Hall–Kier alpha value is -0.920. The Morgan fingerprint density at radius 2 is 2.27 bits per heavy atom. The van der Waals surface area contributed by atoms with Gasteiger partial charge in [-0.3, -0.25) is 0 Å². The monoisotopic (exact) mass is 157 g/mol. The smallest absolute Gasteiger partial charge is 0.234 e. The first-order valence-electron chi connectivity index (χ1n) is 3.43. The number of carbonyl (C=O) groups excluding carboxylic acids is 1. The van der Waals surface area contributed by atoms with E-state index in [1.165, 1.54) is 6.08 Å². The van der Waals surface area contributed by atoms with Gasteiger partial charge in [0.25, 0.3) is 0 Å². The Labute approximate surface area is 67.8 Å². The first kappa shape index (κ1) is 12.7. The van der Waals surface area contributed by atoms with Crippen LogP contribution in [0.3, 0.4) is 0 Å². The van der Waals surface area contributed by atoms with Crippen molar-refractivity contribution in [2.24, 2.45) is 4.99 Å². The number of hydrogen-bond donors (Lipinski definition) is 0. The van der Waals surface area contributed by atoms with Gasteiger partial charge < -0.3 is 4.74 Å². The molecule has 0 spiro atoms. The van der Waals surface area contributed by atoms with Gasteiger partial charge in [0.15, 0.2) is 0 Å². The van der Waals surface area contributed by atoms with E-state index in [1.54, 1.807) is 13.2 Å². The molecule has 0 amide bonds. The summed E-state index contributed by atoms with van der Waals surface area (Å²) in [4.78, 5) is 12.8. The molecule has 0 fully saturated rings. The van der Waals surface area contributed by atoms with Crippen LogP contribution < -0.4 is 0 Å². The van der Waals surface area contributed by atoms with Crippen LogP contribution in [0.5, 0.6) is 0 Å². The fourth-order valence-corrected chi connectivity index (χ4v) is 0.334. The maximum atomic E-state index is 9.44. The van der Waals surface area contributed by atoms with Crippen LogP contribution in [0.25, 0.3) is 0 Å². The fourth-order valence-electron chi connectivity index (χ4n) is 0.334. The van der Waals surface area contributed by atoms with Gasteiger partial charge in [-0.2, -0.15) is 0 Å². The number of ether oxygens (including phenoxy) is 1. The summed E-state index contributed by atoms with van der Waals surface area (Å²) in [5.41, 5.74) is 0. The predicted octanol–water partition coefficient (Wildman–Crippen LogP) is 1.55. The van der Waals surface area contributed by atoms with Crippen LogP contribution in [-0.4, -0.2) is 26.3 Å². The highest BCUT2D eigenvalue weighted by Gasteiger charge is 1.79. The van der Waals surface area contributed by atoms with Crippen LogP contribution in [-0.2, 0) is 9.53 Å². The SMILES string of the molecule is C=CC.COCCCN=C=O. The minimum absolute atomic E-state index is 0.525. The third-order valence-corrected chi connectivity index (χ3v) is 0.683. The second-order valence-electron chi connectivity index (χ2n) is 1.73. The lowest BCUT2D eigenvalue weighted by Crippen LogP contribution is -1.89. The molecule has 0 heterocycles. The van der Waals surface area contributed by atoms with E-state index in [0.29, 0.717) is 13.2 Å². The quantitative estimate of drug-likeness (QED) is 0.269. The highest BCUT2D eigenvalue weighted by Crippen LogP contribution is 1.78. The molecule has 0 radical (unpaired) electrons. The van der Waals surface area contributed by atoms with Crippen molar-refractivity contribution in [3.05, 3.63) is 12.7 Å². The highest BCUT2D eigenvalue weighted by molar-refractivity contribution is 5.32. The summed E-state index contributed by atoms with van der Waals surface area (Å²) < 4.78 is 4.70. The van der Waals surface area contributed by atoms with Crippen LogP contribution in [0.15, 0.2) is 17.6 Å². The van der Waals surface area contributed by atoms with Crippen LogP contribution >= 0.6 is 0 Å². The second-order valence-corrected chi connectivity index (χ2v) is 1.73. The Kier molecular flexibility index (Phi) is 18.6. The van der Waals surface area contributed by atoms with E-state index >= 15 is 0 Å². The maximum absolute atomic E-state index is 9.44. The molecule has 0 rings (SSSR count). The summed E-state index contributed by atoms with van der Waals surface area (Å²) >= 11 is 0. The molecule has 0 atom stereocenters. The van der Waals surface area contributed by atoms with E-state index in [-0.39, 0.29) is 0 Å². The zero-order valence-corrected chi connectivity index (χ0v) is 7.17. The number of hydrogen-bond acceptors (Lipinski definition) is 3. The van der Waals surface area contributed by atoms with Gasteiger partial charge in [0.05, 0.1) is 6.54 Å². The first-order valence-corrected chi connectivity index (χ1v) is 3.43. The van der Waals surface area contributed by atoms with E-state index in [4.69, 9.17) is 4.74 Å². The number of methoxy groups -OCH3 is 1. The topological polar surface area (TPSA) is 38.7 Å². The van der Waals surface area contributed by atoms with E-state index < -0.39 is 0 Å². The summed E-state index contributed by atoms with van der Waals surface area (Å²) in [5.74, 6) is 0. The summed E-state index contributed by atoms with van der Waals surface area (Å²) in [7, 11) is 1.62. The molecule has 0 saturated carbocycles. The Morgan fingerprint density at radius 3 is 2.64 bits per heavy atom. The second kappa shape index (κ2) is 16.0. The molecule has 0 N–H and O–H groups in total. The Bertz CT molecular complexity index is 117. The standard InChI is InChI=1S/C5H9NO2.C3H6/c1-8-4-2-3-6-5-7;1-3-2/h2-4H2,1H3;3H,1H2,2H3. The average Bonchev–Trinajstić information content (AvgIpc) is 2.00. The van der Waals surface area contributed by atoms with Crippen molar-refractivity contribution in [2.45, 2.75) is 13.3 Å². The molecule has 64 valence electrons. The molecule has 0 aliphatic carbocycles. The summed E-state index contributed by atoms with van der Waals surface area (Å²) in [6, 6.07) is 0. The molecule has 0 unspecified atom stereocenters. The first-order chi connectivity index (χ1) is 5.33. The minimum Gasteiger partial charge on any atom is -0.385 e. The lowest BCUT2D eigenvalue weighted by atomic mass is 10.5. The van der Waals surface area contributed by atoms with Crippen molar-refractivity contribution >= 4 is 6.08 Å². The Balaban J connectivity index is 0. The Morgan fingerprint density at radius 1 is 1.73 bits per heavy atom. The normalized spacial score (nSPS) is 7.09. The third kappa shape index (κ3) is 27.3. The number of rotatable bonds is 4. The lowest BCUT2D eigenvalue weighted by Gasteiger charge is -1.89. The van der Waals surface area contributed by atoms with Crippen molar-refractivity contribution in [1.29, 1.82) is 0 Å². The average molecular weight is 157 g/mol. The number of isocyanates is 1. The van der Waals surface area contributed by atoms with Crippen molar-refractivity contribution in [3.8, 4) is 0 Å². The number of nitrogens with zero attached hydrogens (tertiary/aromatic N) is 1. The van der Waals surface area contributed by atoms with Gasteiger partial charge in [0, 0.05) is 13.7 Å². The van der Waals surface area contributed by atoms with E-state index in [0.717, 1.165) is 6.42 Å². The van der Waals surface area contributed by atoms with Gasteiger partial charge in [-0.25, -0.2) is 9.79 Å². The van der Waals surface area contributed by atoms with Gasteiger partial charge in [0.1, 0.15) is 0 Å². The maximum Gasteiger partial charge on any atom is 0.234 e. The van der Waals surface area contributed by atoms with Gasteiger partial charge in [-0.05, 0) is 13.3 Å². The predicted molar refractivity (Wildman–Crippen MR) is 45.4 cm³/mol. The molecule has 0 aromatic rings. The summed E-state index contributed by atoms with van der Waals surface area (Å²) in [5, 5.41) is 0. The van der Waals surface area contributed by atoms with E-state index in [1.807, 2.05) is 6.92 Å². The van der Waals surface area contributed by atoms with E-state index in [2.05, 4.69) is 11.6 Å². The van der Waals surface area contributed by atoms with Crippen LogP contribution in [0.4, 0.5) is 0 Å². The molecule has 0 aliphatic rings. The van der Waals surface area contributed by atoms with Gasteiger partial charge >= 0.3 is 0 Å². The van der Waals surface area contributed by atoms with Gasteiger partial charge in [0.2, 0.25) is 6.08 Å². The highest BCUT2D eigenvalue weighted by atomic mass is 16.5. The fraction of sp³-hybridized carbons (Fsp3) is 0.625. The molecule has 0 aromatic heterocycles. The lowest BCUT2D eigenvalue weighted by molar-refractivity contribution is 0.197. The van der Waals surface area contributed by atoms with E-state index in [9.17, 15) is 4.79 Å². The van der Waals surface area contributed by atoms with Crippen molar-refractivity contribution in [2.75, 3.05) is 20.3 Å². The van der Waals surface area contributed by atoms with Crippen molar-refractivity contribution in [3.63, 3.8) is 0 Å². The molecular weight excluding hydrogens is 142 g/mol. The molecule has 0 saturated heterocycles. The van der Waals surface area contributed by atoms with Gasteiger partial charge in [-0.1, -0.05) is 6.08 Å². The third-order valence-electron chi connectivity index (χ3n) is 0.683. The number of aliphatic imine (C=N–C) groups is 1. The minimum atomic E-state index is 0.525. The molecule has 0 bridgehead atoms. The van der Waals surface area contributed by atoms with Gasteiger partial charge in [-0.15, -0.1) is 6.58 Å². The summed E-state index contributed by atoms with van der Waals surface area (Å²) in [6.45, 7) is 6.43. The molecule has 0 aromatic carbocycles. The zero-order valence-electron chi connectivity index (χ0n) is 7.17. The molecule has 3 heteroatoms. The molecule has 11 heavy (non-hydrogen) atoms. The number of allylic oxidation sites excluding steroid dienone is 1. The van der Waals surface area contributed by atoms with Crippen LogP contribution in [0.2, 0.25) is 0 Å². The van der Waals surface area contributed by atoms with Crippen LogP contribution in [0, 0.1) is 0 Å². The molecule has 3 nitrogen and oxygen atoms in total. The molecule has 0 aliphatic heterocycles. The van der Waals surface area contributed by atoms with Crippen LogP contribution in [0.1, 0.15) is 13.3 Å².